The number of aromatic nitrogens is 1. The molecule has 0 aliphatic heterocycles. The van der Waals surface area contributed by atoms with Crippen LogP contribution in [0.15, 0.2) is 5.38 Å². The van der Waals surface area contributed by atoms with Crippen LogP contribution in [-0.4, -0.2) is 18.4 Å². The van der Waals surface area contributed by atoms with Crippen molar-refractivity contribution in [1.82, 2.24) is 4.98 Å². The van der Waals surface area contributed by atoms with Gasteiger partial charge in [0.25, 0.3) is 0 Å². The summed E-state index contributed by atoms with van der Waals surface area (Å²) in [6.07, 6.45) is 2.20. The maximum Gasteiger partial charge on any atom is 0.120 e. The first-order chi connectivity index (χ1) is 5.86. The lowest BCUT2D eigenvalue weighted by molar-refractivity contribution is -0.107. The number of carbonyl (C=O) groups excluding carboxylic acids is 1. The normalized spacial score (nSPS) is 10.1. The molecule has 0 bridgehead atoms. The summed E-state index contributed by atoms with van der Waals surface area (Å²) in [5.41, 5.74) is 0.985. The molecule has 0 aliphatic rings. The number of hydrogen-bond acceptors (Lipinski definition) is 4. The van der Waals surface area contributed by atoms with Crippen molar-refractivity contribution in [2.45, 2.75) is 19.4 Å². The Morgan fingerprint density at radius 1 is 1.75 bits per heavy atom. The van der Waals surface area contributed by atoms with E-state index in [1.807, 2.05) is 5.38 Å². The van der Waals surface area contributed by atoms with Gasteiger partial charge in [0.2, 0.25) is 0 Å². The zero-order valence-corrected chi connectivity index (χ0v) is 7.76. The van der Waals surface area contributed by atoms with E-state index in [0.29, 0.717) is 13.0 Å². The molecule has 1 heterocycles. The largest absolute Gasteiger partial charge is 0.378 e. The predicted molar refractivity (Wildman–Crippen MR) is 47.2 cm³/mol. The standard InChI is InChI=1S/C8H11NO2S/c1-11-5-8-9-7(6-12-8)3-2-4-10/h4,6H,2-3,5H2,1H3. The summed E-state index contributed by atoms with van der Waals surface area (Å²) in [6, 6.07) is 0. The zero-order chi connectivity index (χ0) is 8.81. The van der Waals surface area contributed by atoms with Crippen LogP contribution in [0, 0.1) is 0 Å². The number of carbonyl (C=O) groups is 1. The van der Waals surface area contributed by atoms with Crippen LogP contribution in [0.2, 0.25) is 0 Å². The van der Waals surface area contributed by atoms with Crippen molar-refractivity contribution in [3.8, 4) is 0 Å². The first-order valence-electron chi connectivity index (χ1n) is 3.72. The van der Waals surface area contributed by atoms with Crippen LogP contribution in [0.3, 0.4) is 0 Å². The Morgan fingerprint density at radius 3 is 3.25 bits per heavy atom. The summed E-state index contributed by atoms with van der Waals surface area (Å²) in [6.45, 7) is 0.561. The molecule has 0 fully saturated rings. The van der Waals surface area contributed by atoms with Gasteiger partial charge < -0.3 is 9.53 Å². The van der Waals surface area contributed by atoms with Gasteiger partial charge in [-0.15, -0.1) is 11.3 Å². The van der Waals surface area contributed by atoms with Crippen LogP contribution >= 0.6 is 11.3 Å². The smallest absolute Gasteiger partial charge is 0.120 e. The topological polar surface area (TPSA) is 39.2 Å². The number of ether oxygens (including phenoxy) is 1. The number of methoxy groups -OCH3 is 1. The minimum absolute atomic E-state index is 0.552. The van der Waals surface area contributed by atoms with Crippen molar-refractivity contribution >= 4 is 17.6 Å². The van der Waals surface area contributed by atoms with Crippen molar-refractivity contribution < 1.29 is 9.53 Å². The van der Waals surface area contributed by atoms with Crippen LogP contribution < -0.4 is 0 Å². The van der Waals surface area contributed by atoms with Gasteiger partial charge in [-0.1, -0.05) is 0 Å². The monoisotopic (exact) mass is 185 g/mol. The van der Waals surface area contributed by atoms with E-state index < -0.39 is 0 Å². The number of hydrogen-bond donors (Lipinski definition) is 0. The third-order valence-corrected chi connectivity index (χ3v) is 2.26. The molecule has 0 amide bonds. The van der Waals surface area contributed by atoms with Crippen molar-refractivity contribution in [1.29, 1.82) is 0 Å². The summed E-state index contributed by atoms with van der Waals surface area (Å²) in [5, 5.41) is 2.94. The van der Waals surface area contributed by atoms with Crippen molar-refractivity contribution in [2.24, 2.45) is 0 Å². The van der Waals surface area contributed by atoms with Crippen LogP contribution in [-0.2, 0) is 22.6 Å². The molecule has 0 saturated heterocycles. The fourth-order valence-corrected chi connectivity index (χ4v) is 1.66. The maximum atomic E-state index is 10.1. The molecule has 0 spiro atoms. The molecule has 0 aromatic carbocycles. The van der Waals surface area contributed by atoms with E-state index in [9.17, 15) is 4.79 Å². The highest BCUT2D eigenvalue weighted by atomic mass is 32.1. The average molecular weight is 185 g/mol. The lowest BCUT2D eigenvalue weighted by Crippen LogP contribution is -1.89. The van der Waals surface area contributed by atoms with Crippen LogP contribution in [0.25, 0.3) is 0 Å². The number of nitrogens with zero attached hydrogens (tertiary/aromatic N) is 1. The quantitative estimate of drug-likeness (QED) is 0.651. The van der Waals surface area contributed by atoms with Crippen LogP contribution in [0.5, 0.6) is 0 Å². The second-order valence-electron chi connectivity index (χ2n) is 2.37. The molecule has 1 aromatic rings. The Labute approximate surface area is 75.4 Å². The van der Waals surface area contributed by atoms with Gasteiger partial charge in [0.05, 0.1) is 12.3 Å². The molecule has 0 N–H and O–H groups in total. The van der Waals surface area contributed by atoms with E-state index in [4.69, 9.17) is 4.74 Å². The first kappa shape index (κ1) is 9.35. The Morgan fingerprint density at radius 2 is 2.58 bits per heavy atom. The Hall–Kier alpha value is -0.740. The van der Waals surface area contributed by atoms with Gasteiger partial charge in [0.1, 0.15) is 11.3 Å². The van der Waals surface area contributed by atoms with E-state index in [1.54, 1.807) is 18.4 Å². The molecular weight excluding hydrogens is 174 g/mol. The summed E-state index contributed by atoms with van der Waals surface area (Å²) in [5.74, 6) is 0. The van der Waals surface area contributed by atoms with E-state index in [-0.39, 0.29) is 0 Å². The SMILES string of the molecule is COCc1nc(CCC=O)cs1. The lowest BCUT2D eigenvalue weighted by Gasteiger charge is -1.90. The lowest BCUT2D eigenvalue weighted by atomic mass is 10.3. The highest BCUT2D eigenvalue weighted by molar-refractivity contribution is 7.09. The molecule has 0 atom stereocenters. The minimum Gasteiger partial charge on any atom is -0.378 e. The molecule has 4 heteroatoms. The Balaban J connectivity index is 2.46. The van der Waals surface area contributed by atoms with E-state index in [0.717, 1.165) is 23.4 Å². The van der Waals surface area contributed by atoms with Gasteiger partial charge >= 0.3 is 0 Å². The van der Waals surface area contributed by atoms with Gasteiger partial charge in [-0.2, -0.15) is 0 Å². The molecule has 0 saturated carbocycles. The summed E-state index contributed by atoms with van der Waals surface area (Å²) >= 11 is 1.57. The molecule has 1 rings (SSSR count). The third-order valence-electron chi connectivity index (χ3n) is 1.39. The molecule has 1 aromatic heterocycles. The van der Waals surface area contributed by atoms with E-state index in [1.165, 1.54) is 0 Å². The van der Waals surface area contributed by atoms with E-state index in [2.05, 4.69) is 4.98 Å². The first-order valence-corrected chi connectivity index (χ1v) is 4.60. The second-order valence-corrected chi connectivity index (χ2v) is 3.31. The van der Waals surface area contributed by atoms with Crippen molar-refractivity contribution in [3.05, 3.63) is 16.1 Å². The Kier molecular flexibility index (Phi) is 3.90. The molecule has 3 nitrogen and oxygen atoms in total. The fraction of sp³-hybridized carbons (Fsp3) is 0.500. The molecule has 12 heavy (non-hydrogen) atoms. The third kappa shape index (κ3) is 2.71. The van der Waals surface area contributed by atoms with Gasteiger partial charge in [-0.25, -0.2) is 4.98 Å². The number of aryl methyl sites for hydroxylation is 1. The molecular formula is C8H11NO2S. The Bertz CT molecular complexity index is 247. The predicted octanol–water partition coefficient (Wildman–Crippen LogP) is 1.42. The van der Waals surface area contributed by atoms with E-state index >= 15 is 0 Å². The van der Waals surface area contributed by atoms with Gasteiger partial charge in [-0.05, 0) is 6.42 Å². The summed E-state index contributed by atoms with van der Waals surface area (Å²) in [7, 11) is 1.65. The molecule has 66 valence electrons. The van der Waals surface area contributed by atoms with Gasteiger partial charge in [-0.3, -0.25) is 0 Å². The summed E-state index contributed by atoms with van der Waals surface area (Å²) < 4.78 is 4.92. The highest BCUT2D eigenvalue weighted by Gasteiger charge is 2.00. The van der Waals surface area contributed by atoms with Crippen molar-refractivity contribution in [2.75, 3.05) is 7.11 Å². The minimum atomic E-state index is 0.552. The number of aldehydes is 1. The molecule has 0 radical (unpaired) electrons. The van der Waals surface area contributed by atoms with Gasteiger partial charge in [0.15, 0.2) is 0 Å². The fourth-order valence-electron chi connectivity index (χ4n) is 0.860. The number of thiazole rings is 1. The van der Waals surface area contributed by atoms with Crippen molar-refractivity contribution in [3.63, 3.8) is 0 Å². The van der Waals surface area contributed by atoms with Crippen LogP contribution in [0.4, 0.5) is 0 Å². The molecule has 0 unspecified atom stereocenters. The molecule has 0 aliphatic carbocycles. The highest BCUT2D eigenvalue weighted by Crippen LogP contribution is 2.11. The second kappa shape index (κ2) is 5.00. The van der Waals surface area contributed by atoms with Crippen LogP contribution in [0.1, 0.15) is 17.1 Å². The maximum absolute atomic E-state index is 10.1. The average Bonchev–Trinajstić information content (AvgIpc) is 2.50. The zero-order valence-electron chi connectivity index (χ0n) is 6.95. The van der Waals surface area contributed by atoms with Gasteiger partial charge in [0, 0.05) is 18.9 Å². The number of rotatable bonds is 5. The summed E-state index contributed by atoms with van der Waals surface area (Å²) in [4.78, 5) is 14.3.